The number of carbonyl (C=O) groups excluding carboxylic acids is 1. The Morgan fingerprint density at radius 1 is 0.968 bits per heavy atom. The van der Waals surface area contributed by atoms with Crippen LogP contribution in [0.15, 0.2) is 30.3 Å². The molecule has 0 atom stereocenters. The maximum absolute atomic E-state index is 12.0. The molecular formula is C26H44N2O3. The number of carbonyl (C=O) groups is 1. The quantitative estimate of drug-likeness (QED) is 0.349. The Hall–Kier alpha value is -1.59. The minimum absolute atomic E-state index is 0.206. The van der Waals surface area contributed by atoms with Gasteiger partial charge in [-0.25, -0.2) is 4.79 Å². The van der Waals surface area contributed by atoms with Crippen molar-refractivity contribution in [2.45, 2.75) is 96.3 Å². The number of nitrogens with zero attached hydrogens (tertiary/aromatic N) is 1. The van der Waals surface area contributed by atoms with Crippen molar-refractivity contribution in [3.8, 4) is 0 Å². The van der Waals surface area contributed by atoms with Crippen molar-refractivity contribution >= 4 is 6.09 Å². The zero-order chi connectivity index (χ0) is 22.2. The third kappa shape index (κ3) is 12.1. The van der Waals surface area contributed by atoms with Crippen LogP contribution in [0.5, 0.6) is 0 Å². The van der Waals surface area contributed by atoms with Crippen LogP contribution in [0.4, 0.5) is 4.79 Å². The van der Waals surface area contributed by atoms with Gasteiger partial charge in [0.15, 0.2) is 0 Å². The Balaban J connectivity index is 1.42. The molecule has 1 aromatic carbocycles. The molecule has 1 N–H and O–H groups in total. The lowest BCUT2D eigenvalue weighted by Gasteiger charge is -2.29. The van der Waals surface area contributed by atoms with Crippen LogP contribution in [0.2, 0.25) is 0 Å². The fourth-order valence-electron chi connectivity index (χ4n) is 4.14. The molecule has 1 fully saturated rings. The molecule has 0 bridgehead atoms. The highest BCUT2D eigenvalue weighted by molar-refractivity contribution is 5.67. The number of amides is 1. The molecule has 0 heterocycles. The van der Waals surface area contributed by atoms with Crippen LogP contribution in [0.1, 0.15) is 83.1 Å². The molecule has 1 aliphatic carbocycles. The monoisotopic (exact) mass is 432 g/mol. The molecule has 1 aliphatic rings. The smallest absolute Gasteiger partial charge is 0.407 e. The van der Waals surface area contributed by atoms with Crippen molar-refractivity contribution in [1.82, 2.24) is 10.2 Å². The highest BCUT2D eigenvalue weighted by Crippen LogP contribution is 2.22. The number of benzene rings is 1. The first-order valence-electron chi connectivity index (χ1n) is 12.4. The lowest BCUT2D eigenvalue weighted by Crippen LogP contribution is -2.39. The summed E-state index contributed by atoms with van der Waals surface area (Å²) in [6.45, 7) is 5.90. The number of hydrogen-bond acceptors (Lipinski definition) is 4. The fourth-order valence-corrected chi connectivity index (χ4v) is 4.14. The van der Waals surface area contributed by atoms with Gasteiger partial charge in [-0.2, -0.15) is 0 Å². The van der Waals surface area contributed by atoms with Gasteiger partial charge in [-0.05, 0) is 70.6 Å². The topological polar surface area (TPSA) is 50.8 Å². The number of unbranched alkanes of at least 4 members (excludes halogenated alkanes) is 5. The summed E-state index contributed by atoms with van der Waals surface area (Å²) in [6, 6.07) is 9.99. The number of nitrogens with one attached hydrogen (secondary N) is 1. The normalized spacial score (nSPS) is 18.8. The Morgan fingerprint density at radius 3 is 2.35 bits per heavy atom. The van der Waals surface area contributed by atoms with Crippen LogP contribution in [-0.4, -0.2) is 49.9 Å². The Morgan fingerprint density at radius 2 is 1.65 bits per heavy atom. The Kier molecular flexibility index (Phi) is 13.3. The van der Waals surface area contributed by atoms with Gasteiger partial charge in [0.1, 0.15) is 6.61 Å². The van der Waals surface area contributed by atoms with E-state index in [0.29, 0.717) is 12.7 Å². The van der Waals surface area contributed by atoms with E-state index in [-0.39, 0.29) is 12.1 Å². The number of hydrogen-bond donors (Lipinski definition) is 1. The molecule has 0 saturated heterocycles. The second kappa shape index (κ2) is 16.1. The molecule has 0 unspecified atom stereocenters. The molecule has 0 spiro atoms. The van der Waals surface area contributed by atoms with Crippen molar-refractivity contribution < 1.29 is 14.3 Å². The summed E-state index contributed by atoms with van der Waals surface area (Å²) in [5, 5.41) is 3.00. The molecular weight excluding hydrogens is 388 g/mol. The number of rotatable bonds is 15. The summed E-state index contributed by atoms with van der Waals surface area (Å²) in [4.78, 5) is 14.5. The van der Waals surface area contributed by atoms with Gasteiger partial charge in [0.25, 0.3) is 0 Å². The maximum atomic E-state index is 12.0. The number of alkyl carbamates (subject to hydrolysis) is 1. The molecule has 176 valence electrons. The molecule has 5 nitrogen and oxygen atoms in total. The lowest BCUT2D eigenvalue weighted by molar-refractivity contribution is 0.0199. The van der Waals surface area contributed by atoms with Gasteiger partial charge >= 0.3 is 6.09 Å². The largest absolute Gasteiger partial charge is 0.445 e. The average Bonchev–Trinajstić information content (AvgIpc) is 2.79. The highest BCUT2D eigenvalue weighted by Gasteiger charge is 2.23. The van der Waals surface area contributed by atoms with Gasteiger partial charge in [-0.3, -0.25) is 0 Å². The van der Waals surface area contributed by atoms with E-state index >= 15 is 0 Å². The minimum Gasteiger partial charge on any atom is -0.445 e. The van der Waals surface area contributed by atoms with Crippen LogP contribution < -0.4 is 5.32 Å². The fraction of sp³-hybridized carbons (Fsp3) is 0.731. The SMILES string of the molecule is CCCCCN(C)CCCCCCOC1CCC(NC(=O)OCc2ccccc2)CC1. The van der Waals surface area contributed by atoms with E-state index in [0.717, 1.165) is 44.3 Å². The zero-order valence-corrected chi connectivity index (χ0v) is 19.8. The molecule has 2 rings (SSSR count). The van der Waals surface area contributed by atoms with Crippen LogP contribution in [0.3, 0.4) is 0 Å². The second-order valence-corrected chi connectivity index (χ2v) is 8.98. The Bertz CT molecular complexity index is 573. The highest BCUT2D eigenvalue weighted by atomic mass is 16.5. The van der Waals surface area contributed by atoms with E-state index in [1.54, 1.807) is 0 Å². The summed E-state index contributed by atoms with van der Waals surface area (Å²) in [7, 11) is 2.24. The zero-order valence-electron chi connectivity index (χ0n) is 19.8. The average molecular weight is 433 g/mol. The molecule has 5 heteroatoms. The van der Waals surface area contributed by atoms with Crippen molar-refractivity contribution in [2.24, 2.45) is 0 Å². The van der Waals surface area contributed by atoms with Crippen LogP contribution in [0, 0.1) is 0 Å². The minimum atomic E-state index is -0.316. The summed E-state index contributed by atoms with van der Waals surface area (Å²) in [5.74, 6) is 0. The number of ether oxygens (including phenoxy) is 2. The first-order valence-corrected chi connectivity index (χ1v) is 12.4. The van der Waals surface area contributed by atoms with E-state index in [9.17, 15) is 4.79 Å². The summed E-state index contributed by atoms with van der Waals surface area (Å²) in [6.07, 6.45) is 13.0. The molecule has 31 heavy (non-hydrogen) atoms. The first kappa shape index (κ1) is 25.7. The van der Waals surface area contributed by atoms with E-state index in [2.05, 4.69) is 24.2 Å². The maximum Gasteiger partial charge on any atom is 0.407 e. The third-order valence-electron chi connectivity index (χ3n) is 6.14. The van der Waals surface area contributed by atoms with E-state index in [4.69, 9.17) is 9.47 Å². The summed E-state index contributed by atoms with van der Waals surface area (Å²) >= 11 is 0. The van der Waals surface area contributed by atoms with Gasteiger partial charge in [-0.1, -0.05) is 62.9 Å². The van der Waals surface area contributed by atoms with Crippen molar-refractivity contribution in [1.29, 1.82) is 0 Å². The van der Waals surface area contributed by atoms with Gasteiger partial charge in [0, 0.05) is 12.6 Å². The van der Waals surface area contributed by atoms with Gasteiger partial charge in [0.2, 0.25) is 0 Å². The van der Waals surface area contributed by atoms with Crippen molar-refractivity contribution in [3.63, 3.8) is 0 Å². The molecule has 0 aromatic heterocycles. The van der Waals surface area contributed by atoms with Crippen LogP contribution in [0.25, 0.3) is 0 Å². The Labute approximate surface area is 189 Å². The van der Waals surface area contributed by atoms with Gasteiger partial charge in [0.05, 0.1) is 6.10 Å². The van der Waals surface area contributed by atoms with Gasteiger partial charge in [-0.15, -0.1) is 0 Å². The summed E-state index contributed by atoms with van der Waals surface area (Å²) in [5.41, 5.74) is 1.01. The van der Waals surface area contributed by atoms with Crippen molar-refractivity contribution in [2.75, 3.05) is 26.7 Å². The molecule has 0 aliphatic heterocycles. The van der Waals surface area contributed by atoms with Crippen LogP contribution >= 0.6 is 0 Å². The first-order chi connectivity index (χ1) is 15.2. The molecule has 1 saturated carbocycles. The van der Waals surface area contributed by atoms with Gasteiger partial charge < -0.3 is 19.7 Å². The predicted octanol–water partition coefficient (Wildman–Crippen LogP) is 5.92. The molecule has 0 radical (unpaired) electrons. The molecule has 1 aromatic rings. The summed E-state index contributed by atoms with van der Waals surface area (Å²) < 4.78 is 11.4. The van der Waals surface area contributed by atoms with E-state index in [1.165, 1.54) is 51.6 Å². The second-order valence-electron chi connectivity index (χ2n) is 8.98. The van der Waals surface area contributed by atoms with Crippen molar-refractivity contribution in [3.05, 3.63) is 35.9 Å². The molecule has 1 amide bonds. The lowest BCUT2D eigenvalue weighted by atomic mass is 9.93. The predicted molar refractivity (Wildman–Crippen MR) is 127 cm³/mol. The van der Waals surface area contributed by atoms with Crippen LogP contribution in [-0.2, 0) is 16.1 Å². The standard InChI is InChI=1S/C26H44N2O3/c1-3-4-10-19-28(2)20-11-5-6-12-21-30-25-17-15-24(16-18-25)27-26(29)31-22-23-13-8-7-9-14-23/h7-9,13-14,24-25H,3-6,10-12,15-22H2,1-2H3,(H,27,29). The third-order valence-corrected chi connectivity index (χ3v) is 6.14. The van der Waals surface area contributed by atoms with E-state index in [1.807, 2.05) is 30.3 Å². The van der Waals surface area contributed by atoms with E-state index < -0.39 is 0 Å².